The molecule has 0 radical (unpaired) electrons. The van der Waals surface area contributed by atoms with Crippen LogP contribution < -0.4 is 4.90 Å². The third-order valence-electron chi connectivity index (χ3n) is 3.68. The minimum Gasteiger partial charge on any atom is -0.478 e. The fraction of sp³-hybridized carbons (Fsp3) is 0.600. The first-order valence-corrected chi connectivity index (χ1v) is 7.00. The molecule has 1 fully saturated rings. The molecule has 1 unspecified atom stereocenters. The molecular formula is C15H22N2O3. The summed E-state index contributed by atoms with van der Waals surface area (Å²) in [5, 5.41) is 9.23. The maximum atomic E-state index is 11.2. The van der Waals surface area contributed by atoms with E-state index in [0.29, 0.717) is 11.5 Å². The van der Waals surface area contributed by atoms with Crippen LogP contribution >= 0.6 is 0 Å². The van der Waals surface area contributed by atoms with Gasteiger partial charge in [0.15, 0.2) is 0 Å². The zero-order valence-corrected chi connectivity index (χ0v) is 12.3. The second-order valence-corrected chi connectivity index (χ2v) is 5.65. The maximum absolute atomic E-state index is 11.2. The standard InChI is InChI=1S/C15H22N2O3/c1-10(2)13-6-12(15(18)19)7-14(16-13)17-5-4-11(8-17)9-20-3/h6-7,10-11H,4-5,8-9H2,1-3H3,(H,18,19). The van der Waals surface area contributed by atoms with Gasteiger partial charge in [-0.25, -0.2) is 9.78 Å². The van der Waals surface area contributed by atoms with Crippen molar-refractivity contribution < 1.29 is 14.6 Å². The van der Waals surface area contributed by atoms with Gasteiger partial charge in [0.2, 0.25) is 0 Å². The molecule has 2 rings (SSSR count). The van der Waals surface area contributed by atoms with Crippen LogP contribution in [-0.4, -0.2) is 42.9 Å². The Morgan fingerprint density at radius 1 is 1.55 bits per heavy atom. The molecule has 1 aromatic rings. The van der Waals surface area contributed by atoms with E-state index < -0.39 is 5.97 Å². The number of anilines is 1. The molecule has 0 amide bonds. The lowest BCUT2D eigenvalue weighted by molar-refractivity contribution is 0.0696. The Morgan fingerprint density at radius 2 is 2.30 bits per heavy atom. The molecule has 0 bridgehead atoms. The van der Waals surface area contributed by atoms with Crippen molar-refractivity contribution in [1.29, 1.82) is 0 Å². The van der Waals surface area contributed by atoms with Gasteiger partial charge >= 0.3 is 5.97 Å². The van der Waals surface area contributed by atoms with Crippen molar-refractivity contribution in [3.05, 3.63) is 23.4 Å². The summed E-state index contributed by atoms with van der Waals surface area (Å²) in [4.78, 5) is 18.0. The van der Waals surface area contributed by atoms with Crippen LogP contribution in [0.4, 0.5) is 5.82 Å². The number of carbonyl (C=O) groups is 1. The Balaban J connectivity index is 2.25. The Hall–Kier alpha value is -1.62. The fourth-order valence-corrected chi connectivity index (χ4v) is 2.53. The number of pyridine rings is 1. The van der Waals surface area contributed by atoms with Crippen molar-refractivity contribution in [2.75, 3.05) is 31.7 Å². The molecule has 20 heavy (non-hydrogen) atoms. The monoisotopic (exact) mass is 278 g/mol. The van der Waals surface area contributed by atoms with Crippen LogP contribution in [0, 0.1) is 5.92 Å². The quantitative estimate of drug-likeness (QED) is 0.896. The summed E-state index contributed by atoms with van der Waals surface area (Å²) >= 11 is 0. The number of carboxylic acid groups (broad SMARTS) is 1. The number of aromatic carboxylic acids is 1. The highest BCUT2D eigenvalue weighted by Gasteiger charge is 2.24. The lowest BCUT2D eigenvalue weighted by atomic mass is 10.1. The highest BCUT2D eigenvalue weighted by Crippen LogP contribution is 2.25. The van der Waals surface area contributed by atoms with E-state index in [2.05, 4.69) is 9.88 Å². The number of carboxylic acids is 1. The van der Waals surface area contributed by atoms with Crippen molar-refractivity contribution in [3.8, 4) is 0 Å². The summed E-state index contributed by atoms with van der Waals surface area (Å²) < 4.78 is 5.19. The highest BCUT2D eigenvalue weighted by molar-refractivity contribution is 5.88. The molecule has 0 spiro atoms. The molecule has 2 heterocycles. The van der Waals surface area contributed by atoms with Gasteiger partial charge in [0, 0.05) is 31.8 Å². The van der Waals surface area contributed by atoms with E-state index in [1.54, 1.807) is 19.2 Å². The third kappa shape index (κ3) is 3.28. The summed E-state index contributed by atoms with van der Waals surface area (Å²) in [6.07, 6.45) is 1.06. The van der Waals surface area contributed by atoms with Crippen LogP contribution in [0.3, 0.4) is 0 Å². The Labute approximate surface area is 119 Å². The number of ether oxygens (including phenoxy) is 1. The molecule has 1 N–H and O–H groups in total. The van der Waals surface area contributed by atoms with Gasteiger partial charge in [-0.2, -0.15) is 0 Å². The summed E-state index contributed by atoms with van der Waals surface area (Å²) in [5.41, 5.74) is 1.14. The van der Waals surface area contributed by atoms with E-state index in [1.807, 2.05) is 13.8 Å². The Bertz CT molecular complexity index is 488. The predicted octanol–water partition coefficient (Wildman–Crippen LogP) is 2.38. The molecule has 1 saturated heterocycles. The third-order valence-corrected chi connectivity index (χ3v) is 3.68. The normalized spacial score (nSPS) is 18.8. The Morgan fingerprint density at radius 3 is 2.90 bits per heavy atom. The number of hydrogen-bond acceptors (Lipinski definition) is 4. The smallest absolute Gasteiger partial charge is 0.335 e. The second kappa shape index (κ2) is 6.22. The average molecular weight is 278 g/mol. The molecular weight excluding hydrogens is 256 g/mol. The first kappa shape index (κ1) is 14.8. The number of aromatic nitrogens is 1. The minimum atomic E-state index is -0.900. The zero-order chi connectivity index (χ0) is 14.7. The van der Waals surface area contributed by atoms with E-state index in [9.17, 15) is 9.90 Å². The van der Waals surface area contributed by atoms with Crippen LogP contribution in [0.5, 0.6) is 0 Å². The van der Waals surface area contributed by atoms with E-state index in [1.165, 1.54) is 0 Å². The predicted molar refractivity (Wildman–Crippen MR) is 77.5 cm³/mol. The molecule has 0 aliphatic carbocycles. The van der Waals surface area contributed by atoms with Gasteiger partial charge in [0.05, 0.1) is 12.2 Å². The number of methoxy groups -OCH3 is 1. The molecule has 1 atom stereocenters. The lowest BCUT2D eigenvalue weighted by Gasteiger charge is -2.19. The number of nitrogens with zero attached hydrogens (tertiary/aromatic N) is 2. The van der Waals surface area contributed by atoms with Gasteiger partial charge in [-0.3, -0.25) is 0 Å². The van der Waals surface area contributed by atoms with E-state index in [4.69, 9.17) is 4.74 Å². The topological polar surface area (TPSA) is 62.7 Å². The van der Waals surface area contributed by atoms with Crippen molar-refractivity contribution >= 4 is 11.8 Å². The van der Waals surface area contributed by atoms with Gasteiger partial charge in [0.25, 0.3) is 0 Å². The molecule has 110 valence electrons. The maximum Gasteiger partial charge on any atom is 0.335 e. The van der Waals surface area contributed by atoms with Crippen LogP contribution in [-0.2, 0) is 4.74 Å². The molecule has 1 aromatic heterocycles. The van der Waals surface area contributed by atoms with E-state index in [-0.39, 0.29) is 5.92 Å². The van der Waals surface area contributed by atoms with Crippen molar-refractivity contribution in [3.63, 3.8) is 0 Å². The lowest BCUT2D eigenvalue weighted by Crippen LogP contribution is -2.23. The van der Waals surface area contributed by atoms with Gasteiger partial charge < -0.3 is 14.7 Å². The van der Waals surface area contributed by atoms with Crippen LogP contribution in [0.25, 0.3) is 0 Å². The molecule has 1 aliphatic rings. The SMILES string of the molecule is COCC1CCN(c2cc(C(=O)O)cc(C(C)C)n2)C1. The average Bonchev–Trinajstić information content (AvgIpc) is 2.87. The van der Waals surface area contributed by atoms with Crippen LogP contribution in [0.2, 0.25) is 0 Å². The zero-order valence-electron chi connectivity index (χ0n) is 12.3. The van der Waals surface area contributed by atoms with E-state index in [0.717, 1.165) is 37.6 Å². The van der Waals surface area contributed by atoms with Gasteiger partial charge in [-0.15, -0.1) is 0 Å². The summed E-state index contributed by atoms with van der Waals surface area (Å²) in [7, 11) is 1.71. The van der Waals surface area contributed by atoms with E-state index >= 15 is 0 Å². The number of rotatable bonds is 5. The first-order valence-electron chi connectivity index (χ1n) is 7.00. The van der Waals surface area contributed by atoms with Crippen molar-refractivity contribution in [2.24, 2.45) is 5.92 Å². The summed E-state index contributed by atoms with van der Waals surface area (Å²) in [6.45, 7) is 6.57. The largest absolute Gasteiger partial charge is 0.478 e. The first-order chi connectivity index (χ1) is 9.51. The van der Waals surface area contributed by atoms with Gasteiger partial charge in [0.1, 0.15) is 5.82 Å². The second-order valence-electron chi connectivity index (χ2n) is 5.65. The van der Waals surface area contributed by atoms with Crippen LogP contribution in [0.15, 0.2) is 12.1 Å². The number of hydrogen-bond donors (Lipinski definition) is 1. The highest BCUT2D eigenvalue weighted by atomic mass is 16.5. The molecule has 1 aliphatic heterocycles. The summed E-state index contributed by atoms with van der Waals surface area (Å²) in [5.74, 6) is 0.582. The van der Waals surface area contributed by atoms with Crippen molar-refractivity contribution in [1.82, 2.24) is 4.98 Å². The minimum absolute atomic E-state index is 0.213. The van der Waals surface area contributed by atoms with Crippen LogP contribution in [0.1, 0.15) is 42.2 Å². The van der Waals surface area contributed by atoms with Gasteiger partial charge in [-0.1, -0.05) is 13.8 Å². The molecule has 0 aromatic carbocycles. The van der Waals surface area contributed by atoms with Crippen molar-refractivity contribution in [2.45, 2.75) is 26.2 Å². The molecule has 5 nitrogen and oxygen atoms in total. The van der Waals surface area contributed by atoms with Gasteiger partial charge in [-0.05, 0) is 24.5 Å². The summed E-state index contributed by atoms with van der Waals surface area (Å²) in [6, 6.07) is 3.34. The molecule has 0 saturated carbocycles. The fourth-order valence-electron chi connectivity index (χ4n) is 2.53. The molecule has 5 heteroatoms. The Kier molecular flexibility index (Phi) is 4.60.